The molecule has 1 aromatic heterocycles. The number of aliphatic imine (C=N–C) groups is 1. The maximum absolute atomic E-state index is 12.1. The van der Waals surface area contributed by atoms with Gasteiger partial charge in [-0.1, -0.05) is 12.1 Å². The van der Waals surface area contributed by atoms with Crippen molar-refractivity contribution in [3.63, 3.8) is 0 Å². The second-order valence-electron chi connectivity index (χ2n) is 5.49. The van der Waals surface area contributed by atoms with Crippen LogP contribution in [0, 0.1) is 0 Å². The average Bonchev–Trinajstić information content (AvgIpc) is 3.10. The summed E-state index contributed by atoms with van der Waals surface area (Å²) in [4.78, 5) is 4.14. The Morgan fingerprint density at radius 3 is 2.48 bits per heavy atom. The summed E-state index contributed by atoms with van der Waals surface area (Å²) in [5.41, 5.74) is 0.904. The lowest BCUT2D eigenvalue weighted by Gasteiger charge is -2.12. The number of hydrogen-bond donors (Lipinski definition) is 2. The van der Waals surface area contributed by atoms with Crippen molar-refractivity contribution in [1.29, 1.82) is 0 Å². The number of nitrogens with zero attached hydrogens (tertiary/aromatic N) is 3. The highest BCUT2D eigenvalue weighted by atomic mass is 127. The molecule has 0 aliphatic rings. The quantitative estimate of drug-likeness (QED) is 0.255. The lowest BCUT2D eigenvalue weighted by Crippen LogP contribution is -2.39. The first kappa shape index (κ1) is 23.1. The van der Waals surface area contributed by atoms with Crippen LogP contribution >= 0.6 is 24.0 Å². The van der Waals surface area contributed by atoms with Crippen molar-refractivity contribution in [2.24, 2.45) is 4.99 Å². The topological polar surface area (TPSA) is 63.5 Å². The molecule has 0 atom stereocenters. The van der Waals surface area contributed by atoms with Gasteiger partial charge in [-0.2, -0.15) is 5.10 Å². The molecule has 0 amide bonds. The third-order valence-electron chi connectivity index (χ3n) is 3.50. The Morgan fingerprint density at radius 1 is 1.19 bits per heavy atom. The molecule has 2 rings (SSSR count). The zero-order chi connectivity index (χ0) is 18.8. The van der Waals surface area contributed by atoms with Gasteiger partial charge in [0.05, 0.1) is 0 Å². The monoisotopic (exact) mass is 497 g/mol. The van der Waals surface area contributed by atoms with Crippen LogP contribution in [-0.4, -0.2) is 42.2 Å². The molecule has 1 heterocycles. The molecule has 0 saturated heterocycles. The van der Waals surface area contributed by atoms with E-state index in [0.29, 0.717) is 18.9 Å². The highest BCUT2D eigenvalue weighted by Crippen LogP contribution is 2.22. The standard InChI is InChI=1S/C17H22F3N5O.HI/c1-21-16(22-9-2-12-25-13-3-10-24-25)23-11-8-14-4-6-15(7-5-14)26-17(18,19)20;/h3-7,10,13H,2,8-9,11-12H2,1H3,(H2,21,22,23);1H. The predicted molar refractivity (Wildman–Crippen MR) is 108 cm³/mol. The maximum Gasteiger partial charge on any atom is 0.573 e. The van der Waals surface area contributed by atoms with Gasteiger partial charge in [0.1, 0.15) is 5.75 Å². The summed E-state index contributed by atoms with van der Waals surface area (Å²) in [5, 5.41) is 10.5. The summed E-state index contributed by atoms with van der Waals surface area (Å²) < 4.78 is 42.1. The maximum atomic E-state index is 12.1. The van der Waals surface area contributed by atoms with Gasteiger partial charge in [-0.05, 0) is 36.6 Å². The second kappa shape index (κ2) is 11.7. The van der Waals surface area contributed by atoms with Gasteiger partial charge in [-0.15, -0.1) is 37.1 Å². The Kier molecular flexibility index (Phi) is 9.97. The van der Waals surface area contributed by atoms with Crippen molar-refractivity contribution in [2.75, 3.05) is 20.1 Å². The van der Waals surface area contributed by atoms with Crippen LogP contribution in [0.5, 0.6) is 5.75 Å². The molecule has 2 N–H and O–H groups in total. The van der Waals surface area contributed by atoms with E-state index in [-0.39, 0.29) is 29.7 Å². The van der Waals surface area contributed by atoms with Gasteiger partial charge < -0.3 is 15.4 Å². The zero-order valence-corrected chi connectivity index (χ0v) is 17.2. The van der Waals surface area contributed by atoms with E-state index >= 15 is 0 Å². The molecule has 27 heavy (non-hydrogen) atoms. The fourth-order valence-corrected chi connectivity index (χ4v) is 2.28. The van der Waals surface area contributed by atoms with Crippen LogP contribution in [0.4, 0.5) is 13.2 Å². The van der Waals surface area contributed by atoms with Crippen molar-refractivity contribution in [1.82, 2.24) is 20.4 Å². The molecule has 1 aromatic carbocycles. The molecule has 0 bridgehead atoms. The molecule has 0 spiro atoms. The molecule has 6 nitrogen and oxygen atoms in total. The van der Waals surface area contributed by atoms with E-state index in [0.717, 1.165) is 25.1 Å². The van der Waals surface area contributed by atoms with Crippen LogP contribution in [0.25, 0.3) is 0 Å². The number of guanidine groups is 1. The molecule has 0 unspecified atom stereocenters. The normalized spacial score (nSPS) is 11.6. The Bertz CT molecular complexity index is 675. The molecule has 0 fully saturated rings. The highest BCUT2D eigenvalue weighted by Gasteiger charge is 2.30. The van der Waals surface area contributed by atoms with Crippen LogP contribution in [0.15, 0.2) is 47.7 Å². The van der Waals surface area contributed by atoms with Crippen molar-refractivity contribution in [3.05, 3.63) is 48.3 Å². The molecule has 0 aliphatic carbocycles. The van der Waals surface area contributed by atoms with E-state index in [1.54, 1.807) is 25.4 Å². The van der Waals surface area contributed by atoms with E-state index in [2.05, 4.69) is 25.5 Å². The Balaban J connectivity index is 0.00000364. The highest BCUT2D eigenvalue weighted by molar-refractivity contribution is 14.0. The number of hydrogen-bond acceptors (Lipinski definition) is 3. The van der Waals surface area contributed by atoms with Crippen LogP contribution in [0.2, 0.25) is 0 Å². The number of benzene rings is 1. The summed E-state index contributed by atoms with van der Waals surface area (Å²) >= 11 is 0. The van der Waals surface area contributed by atoms with Crippen LogP contribution < -0.4 is 15.4 Å². The number of rotatable bonds is 8. The molecule has 2 aromatic rings. The number of ether oxygens (including phenoxy) is 1. The van der Waals surface area contributed by atoms with E-state index in [9.17, 15) is 13.2 Å². The third kappa shape index (κ3) is 9.50. The average molecular weight is 497 g/mol. The fraction of sp³-hybridized carbons (Fsp3) is 0.412. The number of aromatic nitrogens is 2. The minimum Gasteiger partial charge on any atom is -0.406 e. The van der Waals surface area contributed by atoms with Crippen molar-refractivity contribution in [2.45, 2.75) is 25.7 Å². The second-order valence-corrected chi connectivity index (χ2v) is 5.49. The largest absolute Gasteiger partial charge is 0.573 e. The Labute approximate surface area is 173 Å². The SMILES string of the molecule is CN=C(NCCCn1cccn1)NCCc1ccc(OC(F)(F)F)cc1.I. The van der Waals surface area contributed by atoms with E-state index < -0.39 is 6.36 Å². The van der Waals surface area contributed by atoms with E-state index in [4.69, 9.17) is 0 Å². The summed E-state index contributed by atoms with van der Waals surface area (Å²) in [6.07, 6.45) is 0.551. The molecular formula is C17H23F3IN5O. The molecule has 150 valence electrons. The summed E-state index contributed by atoms with van der Waals surface area (Å²) in [6, 6.07) is 7.73. The predicted octanol–water partition coefficient (Wildman–Crippen LogP) is 3.20. The van der Waals surface area contributed by atoms with Gasteiger partial charge in [0.2, 0.25) is 0 Å². The Morgan fingerprint density at radius 2 is 1.89 bits per heavy atom. The lowest BCUT2D eigenvalue weighted by molar-refractivity contribution is -0.274. The van der Waals surface area contributed by atoms with Crippen molar-refractivity contribution < 1.29 is 17.9 Å². The zero-order valence-electron chi connectivity index (χ0n) is 14.9. The Hall–Kier alpha value is -1.98. The van der Waals surface area contributed by atoms with Gasteiger partial charge in [0.25, 0.3) is 0 Å². The van der Waals surface area contributed by atoms with E-state index in [1.165, 1.54) is 12.1 Å². The number of alkyl halides is 3. The molecular weight excluding hydrogens is 474 g/mol. The van der Waals surface area contributed by atoms with Crippen molar-refractivity contribution >= 4 is 29.9 Å². The van der Waals surface area contributed by atoms with Gasteiger partial charge >= 0.3 is 6.36 Å². The summed E-state index contributed by atoms with van der Waals surface area (Å²) in [7, 11) is 1.69. The first-order valence-corrected chi connectivity index (χ1v) is 8.23. The summed E-state index contributed by atoms with van der Waals surface area (Å²) in [6.45, 7) is 2.19. The van der Waals surface area contributed by atoms with E-state index in [1.807, 2.05) is 16.9 Å². The molecule has 0 aliphatic heterocycles. The van der Waals surface area contributed by atoms with Gasteiger partial charge in [-0.3, -0.25) is 9.67 Å². The number of nitrogens with one attached hydrogen (secondary N) is 2. The first-order valence-electron chi connectivity index (χ1n) is 8.23. The fourth-order valence-electron chi connectivity index (χ4n) is 2.28. The van der Waals surface area contributed by atoms with Crippen LogP contribution in [0.3, 0.4) is 0 Å². The molecule has 10 heteroatoms. The summed E-state index contributed by atoms with van der Waals surface area (Å²) in [5.74, 6) is 0.464. The third-order valence-corrected chi connectivity index (χ3v) is 3.50. The minimum absolute atomic E-state index is 0. The number of aryl methyl sites for hydroxylation is 1. The van der Waals surface area contributed by atoms with Crippen LogP contribution in [0.1, 0.15) is 12.0 Å². The molecule has 0 saturated carbocycles. The lowest BCUT2D eigenvalue weighted by atomic mass is 10.1. The van der Waals surface area contributed by atoms with Gasteiger partial charge in [0.15, 0.2) is 5.96 Å². The van der Waals surface area contributed by atoms with Gasteiger partial charge in [-0.25, -0.2) is 0 Å². The smallest absolute Gasteiger partial charge is 0.406 e. The van der Waals surface area contributed by atoms with Crippen LogP contribution in [-0.2, 0) is 13.0 Å². The number of halogens is 4. The molecule has 0 radical (unpaired) electrons. The minimum atomic E-state index is -4.67. The van der Waals surface area contributed by atoms with Gasteiger partial charge in [0, 0.05) is 39.1 Å². The van der Waals surface area contributed by atoms with Crippen molar-refractivity contribution in [3.8, 4) is 5.75 Å². The first-order chi connectivity index (χ1) is 12.5.